The summed E-state index contributed by atoms with van der Waals surface area (Å²) in [6.45, 7) is 0.690. The third kappa shape index (κ3) is 3.66. The normalized spacial score (nSPS) is 10.5. The summed E-state index contributed by atoms with van der Waals surface area (Å²) in [6, 6.07) is 8.82. The lowest BCUT2D eigenvalue weighted by atomic mass is 10.2. The maximum Gasteiger partial charge on any atom is 0.251 e. The molecule has 0 saturated heterocycles. The summed E-state index contributed by atoms with van der Waals surface area (Å²) < 4.78 is 19.4. The Kier molecular flexibility index (Phi) is 4.71. The van der Waals surface area contributed by atoms with Crippen molar-refractivity contribution in [1.29, 1.82) is 0 Å². The molecule has 0 radical (unpaired) electrons. The third-order valence-corrected chi connectivity index (χ3v) is 2.85. The average Bonchev–Trinajstić information content (AvgIpc) is 2.42. The first-order valence-electron chi connectivity index (χ1n) is 5.86. The second-order valence-electron chi connectivity index (χ2n) is 4.03. The van der Waals surface area contributed by atoms with E-state index in [1.807, 2.05) is 12.1 Å². The fraction of sp³-hybridized carbons (Fsp3) is 0.214. The predicted octanol–water partition coefficient (Wildman–Crippen LogP) is 3.17. The van der Waals surface area contributed by atoms with Gasteiger partial charge in [0, 0.05) is 23.3 Å². The van der Waals surface area contributed by atoms with Gasteiger partial charge in [0.15, 0.2) is 5.82 Å². The minimum atomic E-state index is -0.425. The molecule has 1 aromatic heterocycles. The monoisotopic (exact) mass is 280 g/mol. The van der Waals surface area contributed by atoms with Crippen molar-refractivity contribution in [2.45, 2.75) is 13.2 Å². The molecule has 2 aromatic rings. The lowest BCUT2D eigenvalue weighted by Gasteiger charge is -2.09. The van der Waals surface area contributed by atoms with Crippen molar-refractivity contribution in [2.24, 2.45) is 0 Å². The Labute approximate surface area is 116 Å². The molecule has 0 atom stereocenters. The Balaban J connectivity index is 2.07. The fourth-order valence-electron chi connectivity index (χ4n) is 1.62. The Bertz CT molecular complexity index is 546. The second kappa shape index (κ2) is 6.50. The molecule has 0 bridgehead atoms. The fourth-order valence-corrected chi connectivity index (χ4v) is 1.75. The zero-order valence-electron chi connectivity index (χ0n) is 10.5. The SMILES string of the molecule is CNCc1ccnc(OCc2ccc(Cl)cc2)c1F. The maximum atomic E-state index is 14.0. The standard InChI is InChI=1S/C14H14ClFN2O/c1-17-8-11-6-7-18-14(13(11)16)19-9-10-2-4-12(15)5-3-10/h2-7,17H,8-9H2,1H3. The van der Waals surface area contributed by atoms with Crippen LogP contribution in [0.4, 0.5) is 4.39 Å². The molecule has 19 heavy (non-hydrogen) atoms. The van der Waals surface area contributed by atoms with Crippen LogP contribution in [0.5, 0.6) is 5.88 Å². The minimum absolute atomic E-state index is 0.0164. The largest absolute Gasteiger partial charge is 0.471 e. The van der Waals surface area contributed by atoms with Crippen molar-refractivity contribution in [3.05, 3.63) is 58.5 Å². The van der Waals surface area contributed by atoms with E-state index in [9.17, 15) is 4.39 Å². The molecule has 0 amide bonds. The summed E-state index contributed by atoms with van der Waals surface area (Å²) in [5.74, 6) is -0.409. The van der Waals surface area contributed by atoms with E-state index in [0.717, 1.165) is 5.56 Å². The summed E-state index contributed by atoms with van der Waals surface area (Å²) in [5.41, 5.74) is 1.44. The van der Waals surface area contributed by atoms with Crippen LogP contribution in [-0.2, 0) is 13.2 Å². The van der Waals surface area contributed by atoms with Crippen LogP contribution in [0.3, 0.4) is 0 Å². The number of nitrogens with one attached hydrogen (secondary N) is 1. The second-order valence-corrected chi connectivity index (χ2v) is 4.47. The Morgan fingerprint density at radius 1 is 1.26 bits per heavy atom. The summed E-state index contributed by atoms with van der Waals surface area (Å²) in [7, 11) is 1.76. The summed E-state index contributed by atoms with van der Waals surface area (Å²) in [4.78, 5) is 3.90. The van der Waals surface area contributed by atoms with Gasteiger partial charge in [-0.1, -0.05) is 23.7 Å². The molecular weight excluding hydrogens is 267 g/mol. The van der Waals surface area contributed by atoms with E-state index in [4.69, 9.17) is 16.3 Å². The molecule has 0 fully saturated rings. The van der Waals surface area contributed by atoms with Crippen LogP contribution in [0.25, 0.3) is 0 Å². The van der Waals surface area contributed by atoms with Crippen LogP contribution in [0.1, 0.15) is 11.1 Å². The van der Waals surface area contributed by atoms with E-state index in [1.165, 1.54) is 6.20 Å². The summed E-state index contributed by atoms with van der Waals surface area (Å²) in [6.07, 6.45) is 1.53. The Hall–Kier alpha value is -1.65. The molecule has 0 saturated carbocycles. The van der Waals surface area contributed by atoms with Crippen LogP contribution >= 0.6 is 11.6 Å². The Morgan fingerprint density at radius 3 is 2.68 bits per heavy atom. The quantitative estimate of drug-likeness (QED) is 0.913. The van der Waals surface area contributed by atoms with E-state index < -0.39 is 5.82 Å². The molecule has 5 heteroatoms. The molecule has 2 rings (SSSR count). The van der Waals surface area contributed by atoms with Gasteiger partial charge in [-0.25, -0.2) is 9.37 Å². The number of rotatable bonds is 5. The Morgan fingerprint density at radius 2 is 2.00 bits per heavy atom. The highest BCUT2D eigenvalue weighted by Gasteiger charge is 2.10. The van der Waals surface area contributed by atoms with Gasteiger partial charge in [-0.05, 0) is 30.8 Å². The van der Waals surface area contributed by atoms with Gasteiger partial charge in [-0.15, -0.1) is 0 Å². The molecule has 1 heterocycles. The van der Waals surface area contributed by atoms with Crippen molar-refractivity contribution in [3.8, 4) is 5.88 Å². The molecule has 0 aliphatic rings. The van der Waals surface area contributed by atoms with Crippen LogP contribution < -0.4 is 10.1 Å². The molecule has 1 N–H and O–H groups in total. The molecule has 0 aliphatic carbocycles. The number of hydrogen-bond donors (Lipinski definition) is 1. The number of benzene rings is 1. The number of aromatic nitrogens is 1. The van der Waals surface area contributed by atoms with Crippen LogP contribution in [0, 0.1) is 5.82 Å². The van der Waals surface area contributed by atoms with Gasteiger partial charge < -0.3 is 10.1 Å². The van der Waals surface area contributed by atoms with Crippen LogP contribution in [0.15, 0.2) is 36.5 Å². The zero-order chi connectivity index (χ0) is 13.7. The van der Waals surface area contributed by atoms with E-state index in [2.05, 4.69) is 10.3 Å². The molecule has 3 nitrogen and oxygen atoms in total. The van der Waals surface area contributed by atoms with Crippen molar-refractivity contribution in [1.82, 2.24) is 10.3 Å². The smallest absolute Gasteiger partial charge is 0.251 e. The number of pyridine rings is 1. The first-order chi connectivity index (χ1) is 9.20. The zero-order valence-corrected chi connectivity index (χ0v) is 11.2. The van der Waals surface area contributed by atoms with E-state index >= 15 is 0 Å². The van der Waals surface area contributed by atoms with Crippen molar-refractivity contribution < 1.29 is 9.13 Å². The van der Waals surface area contributed by atoms with Gasteiger partial charge in [0.25, 0.3) is 5.88 Å². The molecule has 100 valence electrons. The number of hydrogen-bond acceptors (Lipinski definition) is 3. The van der Waals surface area contributed by atoms with Gasteiger partial charge in [0.05, 0.1) is 0 Å². The lowest BCUT2D eigenvalue weighted by molar-refractivity contribution is 0.276. The molecule has 0 aliphatic heterocycles. The summed E-state index contributed by atoms with van der Waals surface area (Å²) >= 11 is 5.79. The third-order valence-electron chi connectivity index (χ3n) is 2.59. The van der Waals surface area contributed by atoms with Crippen molar-refractivity contribution in [2.75, 3.05) is 7.05 Å². The van der Waals surface area contributed by atoms with Crippen molar-refractivity contribution in [3.63, 3.8) is 0 Å². The van der Waals surface area contributed by atoms with E-state index in [-0.39, 0.29) is 12.5 Å². The topological polar surface area (TPSA) is 34.2 Å². The van der Waals surface area contributed by atoms with Gasteiger partial charge in [0.2, 0.25) is 0 Å². The van der Waals surface area contributed by atoms with Crippen LogP contribution in [-0.4, -0.2) is 12.0 Å². The summed E-state index contributed by atoms with van der Waals surface area (Å²) in [5, 5.41) is 3.55. The first-order valence-corrected chi connectivity index (χ1v) is 6.23. The molecule has 0 unspecified atom stereocenters. The highest BCUT2D eigenvalue weighted by Crippen LogP contribution is 2.19. The number of ether oxygens (including phenoxy) is 1. The molecule has 1 aromatic carbocycles. The minimum Gasteiger partial charge on any atom is -0.471 e. The molecular formula is C14H14ClFN2O. The number of nitrogens with zero attached hydrogens (tertiary/aromatic N) is 1. The number of halogens is 2. The van der Waals surface area contributed by atoms with E-state index in [0.29, 0.717) is 17.1 Å². The van der Waals surface area contributed by atoms with E-state index in [1.54, 1.807) is 25.2 Å². The van der Waals surface area contributed by atoms with Gasteiger partial charge in [-0.3, -0.25) is 0 Å². The predicted molar refractivity (Wildman–Crippen MR) is 72.7 cm³/mol. The lowest BCUT2D eigenvalue weighted by Crippen LogP contribution is -2.09. The van der Waals surface area contributed by atoms with Gasteiger partial charge in [0.1, 0.15) is 6.61 Å². The highest BCUT2D eigenvalue weighted by molar-refractivity contribution is 6.30. The first kappa shape index (κ1) is 13.8. The highest BCUT2D eigenvalue weighted by atomic mass is 35.5. The van der Waals surface area contributed by atoms with Crippen LogP contribution in [0.2, 0.25) is 5.02 Å². The van der Waals surface area contributed by atoms with Crippen molar-refractivity contribution >= 4 is 11.6 Å². The van der Waals surface area contributed by atoms with Gasteiger partial charge in [-0.2, -0.15) is 0 Å². The molecule has 0 spiro atoms. The maximum absolute atomic E-state index is 14.0. The average molecular weight is 281 g/mol. The van der Waals surface area contributed by atoms with Gasteiger partial charge >= 0.3 is 0 Å².